The van der Waals surface area contributed by atoms with Gasteiger partial charge in [-0.15, -0.1) is 0 Å². The van der Waals surface area contributed by atoms with Gasteiger partial charge in [-0.1, -0.05) is 18.2 Å². The fourth-order valence-electron chi connectivity index (χ4n) is 1.17. The molecule has 0 aliphatic heterocycles. The lowest BCUT2D eigenvalue weighted by atomic mass is 10.3. The molecule has 2 nitrogen and oxygen atoms in total. The third-order valence-corrected chi connectivity index (χ3v) is 1.76. The van der Waals surface area contributed by atoms with Gasteiger partial charge in [0.25, 0.3) is 0 Å². The van der Waals surface area contributed by atoms with Crippen LogP contribution >= 0.6 is 0 Å². The van der Waals surface area contributed by atoms with E-state index in [0.717, 1.165) is 16.7 Å². The molecule has 1 aromatic carbocycles. The average molecular weight is 169 g/mol. The SMILES string of the molecule is [CH2]/C=C/c1cnc2ccccc2n1. The van der Waals surface area contributed by atoms with Gasteiger partial charge in [0.15, 0.2) is 0 Å². The summed E-state index contributed by atoms with van der Waals surface area (Å²) in [7, 11) is 0. The molecular formula is C11H9N2. The van der Waals surface area contributed by atoms with Gasteiger partial charge < -0.3 is 0 Å². The molecular weight excluding hydrogens is 160 g/mol. The van der Waals surface area contributed by atoms with Crippen LogP contribution in [0.5, 0.6) is 0 Å². The van der Waals surface area contributed by atoms with Crippen molar-refractivity contribution in [1.82, 2.24) is 9.97 Å². The van der Waals surface area contributed by atoms with Gasteiger partial charge in [-0.25, -0.2) is 4.98 Å². The Hall–Kier alpha value is -1.70. The van der Waals surface area contributed by atoms with Crippen molar-refractivity contribution in [2.45, 2.75) is 0 Å². The number of hydrogen-bond donors (Lipinski definition) is 0. The molecule has 1 heterocycles. The van der Waals surface area contributed by atoms with E-state index in [2.05, 4.69) is 16.9 Å². The van der Waals surface area contributed by atoms with Gasteiger partial charge in [0.2, 0.25) is 0 Å². The number of rotatable bonds is 1. The van der Waals surface area contributed by atoms with Gasteiger partial charge in [0, 0.05) is 0 Å². The van der Waals surface area contributed by atoms with Crippen LogP contribution < -0.4 is 0 Å². The minimum absolute atomic E-state index is 0.841. The quantitative estimate of drug-likeness (QED) is 0.655. The minimum atomic E-state index is 0.841. The lowest BCUT2D eigenvalue weighted by molar-refractivity contribution is 1.27. The van der Waals surface area contributed by atoms with Crippen LogP contribution in [-0.4, -0.2) is 9.97 Å². The van der Waals surface area contributed by atoms with Gasteiger partial charge in [-0.05, 0) is 25.1 Å². The normalized spacial score (nSPS) is 11.2. The molecule has 0 aliphatic carbocycles. The first-order valence-electron chi connectivity index (χ1n) is 4.08. The predicted molar refractivity (Wildman–Crippen MR) is 53.9 cm³/mol. The van der Waals surface area contributed by atoms with E-state index in [1.807, 2.05) is 30.3 Å². The second kappa shape index (κ2) is 3.35. The molecule has 13 heavy (non-hydrogen) atoms. The number of allylic oxidation sites excluding steroid dienone is 1. The molecule has 0 spiro atoms. The van der Waals surface area contributed by atoms with E-state index in [9.17, 15) is 0 Å². The monoisotopic (exact) mass is 169 g/mol. The van der Waals surface area contributed by atoms with Crippen LogP contribution in [0, 0.1) is 6.92 Å². The molecule has 0 fully saturated rings. The van der Waals surface area contributed by atoms with Gasteiger partial charge >= 0.3 is 0 Å². The second-order valence-corrected chi connectivity index (χ2v) is 2.69. The minimum Gasteiger partial charge on any atom is -0.252 e. The molecule has 0 amide bonds. The van der Waals surface area contributed by atoms with Crippen LogP contribution in [0.15, 0.2) is 36.5 Å². The summed E-state index contributed by atoms with van der Waals surface area (Å²) in [6.07, 6.45) is 5.28. The average Bonchev–Trinajstić information content (AvgIpc) is 2.18. The standard InChI is InChI=1S/C11H9N2/c1-2-5-9-8-12-10-6-3-4-7-11(10)13-9/h2-8H,1H2/b5-2+. The molecule has 0 saturated heterocycles. The van der Waals surface area contributed by atoms with Crippen molar-refractivity contribution in [3.05, 3.63) is 49.2 Å². The van der Waals surface area contributed by atoms with Crippen LogP contribution in [0.4, 0.5) is 0 Å². The Bertz CT molecular complexity index is 447. The molecule has 2 heteroatoms. The number of hydrogen-bond acceptors (Lipinski definition) is 2. The third-order valence-electron chi connectivity index (χ3n) is 1.76. The highest BCUT2D eigenvalue weighted by molar-refractivity contribution is 5.74. The molecule has 0 saturated carbocycles. The largest absolute Gasteiger partial charge is 0.252 e. The maximum Gasteiger partial charge on any atom is 0.0894 e. The lowest BCUT2D eigenvalue weighted by Gasteiger charge is -1.96. The fourth-order valence-corrected chi connectivity index (χ4v) is 1.17. The highest BCUT2D eigenvalue weighted by Crippen LogP contribution is 2.08. The van der Waals surface area contributed by atoms with Crippen molar-refractivity contribution in [3.8, 4) is 0 Å². The first-order valence-corrected chi connectivity index (χ1v) is 4.08. The van der Waals surface area contributed by atoms with Crippen LogP contribution in [0.25, 0.3) is 17.1 Å². The Balaban J connectivity index is 2.62. The smallest absolute Gasteiger partial charge is 0.0894 e. The van der Waals surface area contributed by atoms with Gasteiger partial charge in [0.1, 0.15) is 0 Å². The number of nitrogens with zero attached hydrogens (tertiary/aromatic N) is 2. The summed E-state index contributed by atoms with van der Waals surface area (Å²) in [5.41, 5.74) is 2.68. The number of aromatic nitrogens is 2. The van der Waals surface area contributed by atoms with E-state index in [-0.39, 0.29) is 0 Å². The van der Waals surface area contributed by atoms with E-state index >= 15 is 0 Å². The van der Waals surface area contributed by atoms with Crippen LogP contribution in [-0.2, 0) is 0 Å². The van der Waals surface area contributed by atoms with Gasteiger partial charge in [0.05, 0.1) is 22.9 Å². The zero-order valence-electron chi connectivity index (χ0n) is 7.14. The van der Waals surface area contributed by atoms with Crippen molar-refractivity contribution >= 4 is 17.1 Å². The van der Waals surface area contributed by atoms with Crippen LogP contribution in [0.3, 0.4) is 0 Å². The molecule has 0 atom stereocenters. The first-order chi connectivity index (χ1) is 6.40. The first kappa shape index (κ1) is 7.92. The van der Waals surface area contributed by atoms with E-state index in [1.54, 1.807) is 12.3 Å². The zero-order valence-corrected chi connectivity index (χ0v) is 7.14. The fraction of sp³-hybridized carbons (Fsp3) is 0. The molecule has 1 aromatic heterocycles. The third kappa shape index (κ3) is 1.56. The van der Waals surface area contributed by atoms with E-state index in [0.29, 0.717) is 0 Å². The highest BCUT2D eigenvalue weighted by Gasteiger charge is 1.94. The Morgan fingerprint density at radius 2 is 1.92 bits per heavy atom. The molecule has 0 unspecified atom stereocenters. The Morgan fingerprint density at radius 1 is 1.15 bits per heavy atom. The van der Waals surface area contributed by atoms with Crippen molar-refractivity contribution < 1.29 is 0 Å². The molecule has 63 valence electrons. The van der Waals surface area contributed by atoms with Crippen LogP contribution in [0.2, 0.25) is 0 Å². The summed E-state index contributed by atoms with van der Waals surface area (Å²) in [5.74, 6) is 0. The van der Waals surface area contributed by atoms with Crippen LogP contribution in [0.1, 0.15) is 5.69 Å². The van der Waals surface area contributed by atoms with Gasteiger partial charge in [-0.3, -0.25) is 4.98 Å². The second-order valence-electron chi connectivity index (χ2n) is 2.69. The van der Waals surface area contributed by atoms with E-state index < -0.39 is 0 Å². The molecule has 0 N–H and O–H groups in total. The van der Waals surface area contributed by atoms with E-state index in [1.165, 1.54) is 0 Å². The highest BCUT2D eigenvalue weighted by atomic mass is 14.8. The molecule has 0 bridgehead atoms. The van der Waals surface area contributed by atoms with Crippen molar-refractivity contribution in [2.24, 2.45) is 0 Å². The molecule has 2 aromatic rings. The summed E-state index contributed by atoms with van der Waals surface area (Å²) in [4.78, 5) is 8.63. The summed E-state index contributed by atoms with van der Waals surface area (Å²) in [5, 5.41) is 0. The Kier molecular flexibility index (Phi) is 2.04. The van der Waals surface area contributed by atoms with E-state index in [4.69, 9.17) is 0 Å². The molecule has 2 rings (SSSR count). The van der Waals surface area contributed by atoms with Crippen molar-refractivity contribution in [1.29, 1.82) is 0 Å². The summed E-state index contributed by atoms with van der Waals surface area (Å²) < 4.78 is 0. The zero-order chi connectivity index (χ0) is 9.10. The van der Waals surface area contributed by atoms with Crippen molar-refractivity contribution in [2.75, 3.05) is 0 Å². The molecule has 0 aliphatic rings. The topological polar surface area (TPSA) is 25.8 Å². The summed E-state index contributed by atoms with van der Waals surface area (Å²) in [6.45, 7) is 3.61. The predicted octanol–water partition coefficient (Wildman–Crippen LogP) is 2.48. The Morgan fingerprint density at radius 3 is 2.69 bits per heavy atom. The summed E-state index contributed by atoms with van der Waals surface area (Å²) in [6, 6.07) is 7.80. The van der Waals surface area contributed by atoms with Gasteiger partial charge in [-0.2, -0.15) is 0 Å². The maximum atomic E-state index is 4.38. The number of para-hydroxylation sites is 2. The number of fused-ring (bicyclic) bond motifs is 1. The molecule has 1 radical (unpaired) electrons. The lowest BCUT2D eigenvalue weighted by Crippen LogP contribution is -1.85. The Labute approximate surface area is 77.0 Å². The summed E-state index contributed by atoms with van der Waals surface area (Å²) >= 11 is 0. The number of benzene rings is 1. The maximum absolute atomic E-state index is 4.38. The van der Waals surface area contributed by atoms with Crippen molar-refractivity contribution in [3.63, 3.8) is 0 Å².